The summed E-state index contributed by atoms with van der Waals surface area (Å²) in [6.45, 7) is 2.58. The topological polar surface area (TPSA) is 88.1 Å². The fraction of sp³-hybridized carbons (Fsp3) is 0.688. The summed E-state index contributed by atoms with van der Waals surface area (Å²) in [5.74, 6) is 1.86. The molecule has 2 fully saturated rings. The van der Waals surface area contributed by atoms with Gasteiger partial charge in [0, 0.05) is 13.2 Å². The average Bonchev–Trinajstić information content (AvgIpc) is 3.17. The number of anilines is 1. The van der Waals surface area contributed by atoms with Crippen molar-refractivity contribution in [1.29, 1.82) is 0 Å². The van der Waals surface area contributed by atoms with Gasteiger partial charge in [-0.2, -0.15) is 0 Å². The number of hydrogen-bond acceptors (Lipinski definition) is 6. The zero-order valence-corrected chi connectivity index (χ0v) is 13.2. The summed E-state index contributed by atoms with van der Waals surface area (Å²) in [5.41, 5.74) is 7.35. The molecule has 23 heavy (non-hydrogen) atoms. The van der Waals surface area contributed by atoms with Gasteiger partial charge < -0.3 is 19.8 Å². The van der Waals surface area contributed by atoms with E-state index < -0.39 is 0 Å². The molecule has 0 amide bonds. The molecule has 0 aromatic carbocycles. The number of nitrogens with zero attached hydrogens (tertiary/aromatic N) is 4. The monoisotopic (exact) mass is 317 g/mol. The first-order valence-electron chi connectivity index (χ1n) is 8.46. The van der Waals surface area contributed by atoms with Crippen LogP contribution in [0.2, 0.25) is 0 Å². The minimum atomic E-state index is 0.0261. The molecular formula is C16H23N5O2. The zero-order valence-electron chi connectivity index (χ0n) is 13.2. The van der Waals surface area contributed by atoms with E-state index in [4.69, 9.17) is 15.2 Å². The van der Waals surface area contributed by atoms with Crippen molar-refractivity contribution < 1.29 is 9.47 Å². The molecule has 0 radical (unpaired) electrons. The van der Waals surface area contributed by atoms with Gasteiger partial charge in [0.1, 0.15) is 11.8 Å². The molecule has 3 atom stereocenters. The Morgan fingerprint density at radius 3 is 3.09 bits per heavy atom. The number of aromatic nitrogens is 4. The molecule has 7 heteroatoms. The standard InChI is InChI=1S/C16H23N5O2/c17-15-14-16(19-9-18-15)21(10-20-14)8-12-7-11(12)4-6-23-13-3-1-2-5-22-13/h9-13H,1-8H2,(H2,17,18,19)/t11-,12+,13?/m0/s1. The molecule has 1 aliphatic carbocycles. The van der Waals surface area contributed by atoms with E-state index in [1.54, 1.807) is 0 Å². The van der Waals surface area contributed by atoms with Crippen molar-refractivity contribution in [1.82, 2.24) is 19.5 Å². The van der Waals surface area contributed by atoms with Crippen LogP contribution < -0.4 is 5.73 Å². The van der Waals surface area contributed by atoms with Crippen LogP contribution in [0.5, 0.6) is 0 Å². The van der Waals surface area contributed by atoms with Gasteiger partial charge >= 0.3 is 0 Å². The molecule has 7 nitrogen and oxygen atoms in total. The van der Waals surface area contributed by atoms with Crippen molar-refractivity contribution in [3.8, 4) is 0 Å². The summed E-state index contributed by atoms with van der Waals surface area (Å²) in [6, 6.07) is 0. The minimum Gasteiger partial charge on any atom is -0.382 e. The van der Waals surface area contributed by atoms with Gasteiger partial charge in [0.25, 0.3) is 0 Å². The van der Waals surface area contributed by atoms with E-state index in [1.165, 1.54) is 19.2 Å². The van der Waals surface area contributed by atoms with Gasteiger partial charge in [0.2, 0.25) is 0 Å². The third-order valence-corrected chi connectivity index (χ3v) is 4.86. The second-order valence-corrected chi connectivity index (χ2v) is 6.54. The number of fused-ring (bicyclic) bond motifs is 1. The molecule has 0 spiro atoms. The predicted octanol–water partition coefficient (Wildman–Crippen LogP) is 1.98. The summed E-state index contributed by atoms with van der Waals surface area (Å²) in [4.78, 5) is 12.6. The molecule has 3 heterocycles. The second kappa shape index (κ2) is 6.41. The van der Waals surface area contributed by atoms with E-state index >= 15 is 0 Å². The van der Waals surface area contributed by atoms with Crippen LogP contribution in [0, 0.1) is 11.8 Å². The zero-order chi connectivity index (χ0) is 15.6. The number of nitrogen functional groups attached to an aromatic ring is 1. The van der Waals surface area contributed by atoms with E-state index in [0.29, 0.717) is 17.3 Å². The Labute approximate surface area is 135 Å². The lowest BCUT2D eigenvalue weighted by Crippen LogP contribution is -2.22. The third-order valence-electron chi connectivity index (χ3n) is 4.86. The maximum Gasteiger partial charge on any atom is 0.165 e. The first-order chi connectivity index (χ1) is 11.3. The maximum atomic E-state index is 5.82. The summed E-state index contributed by atoms with van der Waals surface area (Å²) >= 11 is 0. The molecule has 1 unspecified atom stereocenters. The highest BCUT2D eigenvalue weighted by Crippen LogP contribution is 2.42. The fourth-order valence-corrected chi connectivity index (χ4v) is 3.37. The Morgan fingerprint density at radius 1 is 1.26 bits per heavy atom. The van der Waals surface area contributed by atoms with Crippen molar-refractivity contribution in [2.45, 2.75) is 44.9 Å². The molecule has 1 aliphatic heterocycles. The van der Waals surface area contributed by atoms with Gasteiger partial charge in [-0.3, -0.25) is 0 Å². The Bertz CT molecular complexity index is 668. The highest BCUT2D eigenvalue weighted by Gasteiger charge is 2.37. The predicted molar refractivity (Wildman–Crippen MR) is 85.5 cm³/mol. The average molecular weight is 317 g/mol. The molecule has 1 saturated heterocycles. The second-order valence-electron chi connectivity index (χ2n) is 6.54. The van der Waals surface area contributed by atoms with Gasteiger partial charge in [-0.25, -0.2) is 15.0 Å². The Kier molecular flexibility index (Phi) is 4.13. The number of rotatable bonds is 6. The Hall–Kier alpha value is -1.73. The van der Waals surface area contributed by atoms with Gasteiger partial charge in [-0.1, -0.05) is 0 Å². The van der Waals surface area contributed by atoms with Gasteiger partial charge in [0.15, 0.2) is 17.8 Å². The maximum absolute atomic E-state index is 5.82. The smallest absolute Gasteiger partial charge is 0.165 e. The molecular weight excluding hydrogens is 294 g/mol. The lowest BCUT2D eigenvalue weighted by Gasteiger charge is -2.22. The Balaban J connectivity index is 1.25. The van der Waals surface area contributed by atoms with Crippen molar-refractivity contribution in [3.05, 3.63) is 12.7 Å². The molecule has 4 rings (SSSR count). The van der Waals surface area contributed by atoms with Gasteiger partial charge in [0.05, 0.1) is 12.9 Å². The van der Waals surface area contributed by atoms with Gasteiger partial charge in [-0.05, 0) is 43.9 Å². The summed E-state index contributed by atoms with van der Waals surface area (Å²) in [6.07, 6.45) is 9.11. The van der Waals surface area contributed by atoms with E-state index in [-0.39, 0.29) is 6.29 Å². The molecule has 2 aromatic rings. The van der Waals surface area contributed by atoms with Crippen LogP contribution in [0.3, 0.4) is 0 Å². The first-order valence-corrected chi connectivity index (χ1v) is 8.46. The van der Waals surface area contributed by atoms with E-state index in [1.807, 2.05) is 6.33 Å². The van der Waals surface area contributed by atoms with E-state index in [2.05, 4.69) is 19.5 Å². The van der Waals surface area contributed by atoms with Crippen molar-refractivity contribution in [2.75, 3.05) is 18.9 Å². The largest absolute Gasteiger partial charge is 0.382 e. The third kappa shape index (κ3) is 3.30. The van der Waals surface area contributed by atoms with Crippen molar-refractivity contribution >= 4 is 17.0 Å². The molecule has 2 N–H and O–H groups in total. The van der Waals surface area contributed by atoms with Crippen LogP contribution in [0.1, 0.15) is 32.1 Å². The highest BCUT2D eigenvalue weighted by molar-refractivity contribution is 5.81. The van der Waals surface area contributed by atoms with E-state index in [9.17, 15) is 0 Å². The Morgan fingerprint density at radius 2 is 2.22 bits per heavy atom. The van der Waals surface area contributed by atoms with Crippen molar-refractivity contribution in [3.63, 3.8) is 0 Å². The number of nitrogens with two attached hydrogens (primary N) is 1. The lowest BCUT2D eigenvalue weighted by molar-refractivity contribution is -0.163. The minimum absolute atomic E-state index is 0.0261. The van der Waals surface area contributed by atoms with Crippen LogP contribution in [-0.2, 0) is 16.0 Å². The van der Waals surface area contributed by atoms with Crippen LogP contribution in [0.15, 0.2) is 12.7 Å². The SMILES string of the molecule is Nc1ncnc2c1ncn2C[C@H]1C[C@@H]1CCOC1CCCCO1. The normalized spacial score (nSPS) is 27.4. The van der Waals surface area contributed by atoms with Crippen LogP contribution in [-0.4, -0.2) is 39.0 Å². The number of hydrogen-bond donors (Lipinski definition) is 1. The fourth-order valence-electron chi connectivity index (χ4n) is 3.37. The number of ether oxygens (including phenoxy) is 2. The van der Waals surface area contributed by atoms with Crippen molar-refractivity contribution in [2.24, 2.45) is 11.8 Å². The van der Waals surface area contributed by atoms with Gasteiger partial charge in [-0.15, -0.1) is 0 Å². The summed E-state index contributed by atoms with van der Waals surface area (Å²) in [5, 5.41) is 0. The summed E-state index contributed by atoms with van der Waals surface area (Å²) < 4.78 is 13.5. The molecule has 124 valence electrons. The molecule has 2 aromatic heterocycles. The van der Waals surface area contributed by atoms with Crippen LogP contribution >= 0.6 is 0 Å². The first kappa shape index (κ1) is 14.8. The summed E-state index contributed by atoms with van der Waals surface area (Å²) in [7, 11) is 0. The van der Waals surface area contributed by atoms with Crippen LogP contribution in [0.25, 0.3) is 11.2 Å². The van der Waals surface area contributed by atoms with E-state index in [0.717, 1.165) is 50.6 Å². The quantitative estimate of drug-likeness (QED) is 0.876. The number of imidazole rings is 1. The van der Waals surface area contributed by atoms with Crippen LogP contribution in [0.4, 0.5) is 5.82 Å². The molecule has 1 saturated carbocycles. The lowest BCUT2D eigenvalue weighted by atomic mass is 10.2. The molecule has 0 bridgehead atoms. The molecule has 2 aliphatic rings. The highest BCUT2D eigenvalue weighted by atomic mass is 16.7.